The van der Waals surface area contributed by atoms with Gasteiger partial charge in [0.15, 0.2) is 5.66 Å². The summed E-state index contributed by atoms with van der Waals surface area (Å²) in [4.78, 5) is 12.2. The predicted molar refractivity (Wildman–Crippen MR) is 96.6 cm³/mol. The first kappa shape index (κ1) is 17.5. The number of ether oxygens (including phenoxy) is 1. The van der Waals surface area contributed by atoms with Crippen LogP contribution in [-0.4, -0.2) is 25.2 Å². The van der Waals surface area contributed by atoms with Crippen LogP contribution in [0.25, 0.3) is 0 Å². The summed E-state index contributed by atoms with van der Waals surface area (Å²) in [7, 11) is 1.69. The second-order valence-electron chi connectivity index (χ2n) is 6.84. The van der Waals surface area contributed by atoms with Gasteiger partial charge in [-0.05, 0) is 42.5 Å². The third-order valence-electron chi connectivity index (χ3n) is 5.14. The van der Waals surface area contributed by atoms with Crippen molar-refractivity contribution in [2.75, 3.05) is 13.7 Å². The van der Waals surface area contributed by atoms with E-state index in [9.17, 15) is 4.79 Å². The molecule has 5 heteroatoms. The maximum atomic E-state index is 12.2. The van der Waals surface area contributed by atoms with Gasteiger partial charge >= 0.3 is 0 Å². The van der Waals surface area contributed by atoms with Crippen molar-refractivity contribution in [1.82, 2.24) is 5.32 Å². The zero-order valence-corrected chi connectivity index (χ0v) is 14.8. The quantitative estimate of drug-likeness (QED) is 0.736. The number of nitrogens with one attached hydrogen (secondary N) is 1. The van der Waals surface area contributed by atoms with E-state index < -0.39 is 0 Å². The van der Waals surface area contributed by atoms with Crippen molar-refractivity contribution in [3.63, 3.8) is 0 Å². The topological polar surface area (TPSA) is 63.0 Å². The second-order valence-corrected chi connectivity index (χ2v) is 6.84. The van der Waals surface area contributed by atoms with Gasteiger partial charge in [0.2, 0.25) is 5.91 Å². The Morgan fingerprint density at radius 1 is 1.44 bits per heavy atom. The lowest BCUT2D eigenvalue weighted by Crippen LogP contribution is -2.30. The van der Waals surface area contributed by atoms with Gasteiger partial charge < -0.3 is 10.1 Å². The molecule has 2 aliphatic rings. The second kappa shape index (κ2) is 7.69. The number of fused-ring (bicyclic) bond motifs is 1. The molecule has 25 heavy (non-hydrogen) atoms. The molecule has 132 valence electrons. The molecule has 3 rings (SSSR count). The fourth-order valence-corrected chi connectivity index (χ4v) is 3.54. The highest BCUT2D eigenvalue weighted by Gasteiger charge is 2.39. The van der Waals surface area contributed by atoms with E-state index in [2.05, 4.69) is 33.6 Å². The summed E-state index contributed by atoms with van der Waals surface area (Å²) >= 11 is 0. The van der Waals surface area contributed by atoms with E-state index in [0.29, 0.717) is 31.7 Å². The number of hydrogen-bond acceptors (Lipinski definition) is 4. The van der Waals surface area contributed by atoms with E-state index in [1.165, 1.54) is 11.1 Å². The van der Waals surface area contributed by atoms with Crippen molar-refractivity contribution in [2.24, 2.45) is 10.2 Å². The van der Waals surface area contributed by atoms with Gasteiger partial charge in [0.25, 0.3) is 0 Å². The molecule has 1 aromatic carbocycles. The third kappa shape index (κ3) is 4.39. The first-order valence-corrected chi connectivity index (χ1v) is 8.97. The van der Waals surface area contributed by atoms with Crippen LogP contribution in [0.1, 0.15) is 55.6 Å². The molecule has 0 spiro atoms. The van der Waals surface area contributed by atoms with Crippen LogP contribution in [0.5, 0.6) is 5.75 Å². The highest BCUT2D eigenvalue weighted by Crippen LogP contribution is 2.37. The molecule has 1 amide bonds. The van der Waals surface area contributed by atoms with Crippen LogP contribution >= 0.6 is 0 Å². The van der Waals surface area contributed by atoms with Crippen molar-refractivity contribution in [3.05, 3.63) is 29.3 Å². The van der Waals surface area contributed by atoms with Crippen LogP contribution in [0.4, 0.5) is 0 Å². The largest absolute Gasteiger partial charge is 0.497 e. The van der Waals surface area contributed by atoms with Crippen molar-refractivity contribution < 1.29 is 9.53 Å². The van der Waals surface area contributed by atoms with Crippen LogP contribution in [0, 0.1) is 12.3 Å². The third-order valence-corrected chi connectivity index (χ3v) is 5.14. The number of carbonyl (C=O) groups excluding carboxylic acids is 1. The van der Waals surface area contributed by atoms with E-state index in [1.54, 1.807) is 7.11 Å². The molecule has 1 aliphatic heterocycles. The molecular formula is C20H25N3O2. The number of hydrogen-bond donors (Lipinski definition) is 1. The normalized spacial score (nSPS) is 19.6. The Bertz CT molecular complexity index is 699. The van der Waals surface area contributed by atoms with Crippen molar-refractivity contribution in [2.45, 2.75) is 56.5 Å². The standard InChI is InChI=1S/C20H25N3O2/c1-3-4-11-20(22-23-20)12-10-19(24)21-14-16-7-5-6-15-13-17(25-2)8-9-18(15)16/h1,8-9,13,16H,4-7,10-12,14H2,2H3,(H,21,24). The van der Waals surface area contributed by atoms with Crippen LogP contribution < -0.4 is 10.1 Å². The average Bonchev–Trinajstić information content (AvgIpc) is 3.42. The molecule has 0 bridgehead atoms. The Morgan fingerprint density at radius 2 is 2.28 bits per heavy atom. The number of amides is 1. The average molecular weight is 339 g/mol. The number of terminal acetylenes is 1. The van der Waals surface area contributed by atoms with Crippen molar-refractivity contribution in [1.29, 1.82) is 0 Å². The number of aryl methyl sites for hydroxylation is 1. The fraction of sp³-hybridized carbons (Fsp3) is 0.550. The van der Waals surface area contributed by atoms with Crippen molar-refractivity contribution >= 4 is 5.91 Å². The summed E-state index contributed by atoms with van der Waals surface area (Å²) < 4.78 is 5.31. The minimum atomic E-state index is -0.377. The maximum absolute atomic E-state index is 12.2. The van der Waals surface area contributed by atoms with Gasteiger partial charge in [-0.25, -0.2) is 0 Å². The lowest BCUT2D eigenvalue weighted by Gasteiger charge is -2.26. The summed E-state index contributed by atoms with van der Waals surface area (Å²) in [5, 5.41) is 11.2. The van der Waals surface area contributed by atoms with E-state index in [-0.39, 0.29) is 11.6 Å². The van der Waals surface area contributed by atoms with Gasteiger partial charge in [0.1, 0.15) is 5.75 Å². The number of carbonyl (C=O) groups is 1. The van der Waals surface area contributed by atoms with Gasteiger partial charge in [-0.3, -0.25) is 4.79 Å². The molecule has 0 aromatic heterocycles. The van der Waals surface area contributed by atoms with Gasteiger partial charge in [-0.1, -0.05) is 6.07 Å². The molecule has 0 saturated carbocycles. The minimum absolute atomic E-state index is 0.0676. The summed E-state index contributed by atoms with van der Waals surface area (Å²) in [5.41, 5.74) is 2.30. The smallest absolute Gasteiger partial charge is 0.220 e. The molecule has 5 nitrogen and oxygen atoms in total. The molecule has 1 heterocycles. The molecule has 0 radical (unpaired) electrons. The van der Waals surface area contributed by atoms with Crippen LogP contribution in [0.15, 0.2) is 28.4 Å². The Morgan fingerprint density at radius 3 is 3.00 bits per heavy atom. The van der Waals surface area contributed by atoms with Crippen LogP contribution in [0.2, 0.25) is 0 Å². The Kier molecular flexibility index (Phi) is 5.37. The van der Waals surface area contributed by atoms with Gasteiger partial charge in [0.05, 0.1) is 7.11 Å². The lowest BCUT2D eigenvalue weighted by molar-refractivity contribution is -0.121. The predicted octanol–water partition coefficient (Wildman–Crippen LogP) is 3.59. The number of benzene rings is 1. The van der Waals surface area contributed by atoms with Gasteiger partial charge in [-0.2, -0.15) is 10.2 Å². The van der Waals surface area contributed by atoms with E-state index in [4.69, 9.17) is 11.2 Å². The summed E-state index contributed by atoms with van der Waals surface area (Å²) in [6.45, 7) is 0.684. The summed E-state index contributed by atoms with van der Waals surface area (Å²) in [6, 6.07) is 6.26. The Labute approximate surface area is 149 Å². The van der Waals surface area contributed by atoms with E-state index in [0.717, 1.165) is 31.4 Å². The zero-order valence-electron chi connectivity index (χ0n) is 14.8. The number of nitrogens with zero attached hydrogens (tertiary/aromatic N) is 2. The van der Waals surface area contributed by atoms with E-state index >= 15 is 0 Å². The fourth-order valence-electron chi connectivity index (χ4n) is 3.54. The highest BCUT2D eigenvalue weighted by atomic mass is 16.5. The van der Waals surface area contributed by atoms with Gasteiger partial charge in [-0.15, -0.1) is 12.3 Å². The number of rotatable bonds is 8. The molecule has 0 saturated heterocycles. The lowest BCUT2D eigenvalue weighted by atomic mass is 9.82. The minimum Gasteiger partial charge on any atom is -0.497 e. The SMILES string of the molecule is C#CCCC1(CCC(=O)NCC2CCCc3cc(OC)ccc32)N=N1. The highest BCUT2D eigenvalue weighted by molar-refractivity contribution is 5.76. The Hall–Kier alpha value is -2.35. The van der Waals surface area contributed by atoms with Crippen LogP contribution in [0.3, 0.4) is 0 Å². The van der Waals surface area contributed by atoms with Crippen LogP contribution in [-0.2, 0) is 11.2 Å². The Balaban J connectivity index is 1.48. The number of methoxy groups -OCH3 is 1. The monoisotopic (exact) mass is 339 g/mol. The maximum Gasteiger partial charge on any atom is 0.220 e. The molecular weight excluding hydrogens is 314 g/mol. The summed E-state index contributed by atoms with van der Waals surface area (Å²) in [5.74, 6) is 3.95. The molecule has 1 N–H and O–H groups in total. The zero-order chi connectivity index (χ0) is 17.7. The molecule has 1 unspecified atom stereocenters. The molecule has 1 aromatic rings. The first-order valence-electron chi connectivity index (χ1n) is 8.97. The van der Waals surface area contributed by atoms with Gasteiger partial charge in [0, 0.05) is 38.1 Å². The molecule has 1 aliphatic carbocycles. The van der Waals surface area contributed by atoms with E-state index in [1.807, 2.05) is 6.07 Å². The van der Waals surface area contributed by atoms with Crippen molar-refractivity contribution in [3.8, 4) is 18.1 Å². The summed E-state index contributed by atoms with van der Waals surface area (Å²) in [6.07, 6.45) is 11.1. The molecule has 0 fully saturated rings. The molecule has 1 atom stereocenters. The first-order chi connectivity index (χ1) is 12.2.